The van der Waals surface area contributed by atoms with E-state index in [9.17, 15) is 19.5 Å². The topological polar surface area (TPSA) is 106 Å². The maximum atomic E-state index is 12.1. The molecule has 0 saturated heterocycles. The largest absolute Gasteiger partial charge is 0.483 e. The molecule has 28 heavy (non-hydrogen) atoms. The number of carboxylic acids is 1. The normalized spacial score (nSPS) is 12.0. The number of amides is 1. The minimum absolute atomic E-state index is 0.325. The van der Waals surface area contributed by atoms with E-state index in [1.54, 1.807) is 13.0 Å². The smallest absolute Gasteiger partial charge is 0.336 e. The number of hydrogen-bond donors (Lipinski definition) is 2. The molecule has 2 N–H and O–H groups in total. The Bertz CT molecular complexity index is 907. The van der Waals surface area contributed by atoms with E-state index in [4.69, 9.17) is 9.15 Å². The van der Waals surface area contributed by atoms with Gasteiger partial charge in [0.25, 0.3) is 5.91 Å². The lowest BCUT2D eigenvalue weighted by Crippen LogP contribution is -2.43. The van der Waals surface area contributed by atoms with Crippen LogP contribution in [0.15, 0.2) is 27.4 Å². The highest BCUT2D eigenvalue weighted by Crippen LogP contribution is 2.28. The van der Waals surface area contributed by atoms with E-state index in [-0.39, 0.29) is 6.61 Å². The number of carboxylic acid groups (broad SMARTS) is 1. The van der Waals surface area contributed by atoms with Crippen LogP contribution in [-0.2, 0) is 16.0 Å². The summed E-state index contributed by atoms with van der Waals surface area (Å²) in [5.41, 5.74) is 1.56. The van der Waals surface area contributed by atoms with Crippen LogP contribution in [0.4, 0.5) is 0 Å². The minimum Gasteiger partial charge on any atom is -0.483 e. The first kappa shape index (κ1) is 21.8. The molecule has 2 aromatic rings. The molecule has 152 valence electrons. The Balaban J connectivity index is 2.14. The zero-order valence-electron chi connectivity index (χ0n) is 16.2. The number of carbonyl (C=O) groups is 2. The van der Waals surface area contributed by atoms with Crippen molar-refractivity contribution < 1.29 is 23.8 Å². The van der Waals surface area contributed by atoms with Crippen molar-refractivity contribution in [1.29, 1.82) is 0 Å². The molecule has 1 aromatic carbocycles. The van der Waals surface area contributed by atoms with Crippen LogP contribution in [0.2, 0.25) is 0 Å². The molecule has 7 nitrogen and oxygen atoms in total. The van der Waals surface area contributed by atoms with E-state index >= 15 is 0 Å². The molecular weight excluding hydrogens is 382 g/mol. The quantitative estimate of drug-likeness (QED) is 0.583. The van der Waals surface area contributed by atoms with E-state index in [2.05, 4.69) is 5.32 Å². The minimum atomic E-state index is -1.07. The van der Waals surface area contributed by atoms with Crippen molar-refractivity contribution in [2.75, 3.05) is 18.6 Å². The molecule has 0 radical (unpaired) electrons. The van der Waals surface area contributed by atoms with Gasteiger partial charge in [-0.1, -0.05) is 13.3 Å². The van der Waals surface area contributed by atoms with Gasteiger partial charge in [0.05, 0.1) is 0 Å². The van der Waals surface area contributed by atoms with E-state index in [0.717, 1.165) is 23.8 Å². The van der Waals surface area contributed by atoms with Gasteiger partial charge in [-0.2, -0.15) is 11.8 Å². The molecule has 0 bridgehead atoms. The molecule has 0 aliphatic rings. The summed E-state index contributed by atoms with van der Waals surface area (Å²) in [5.74, 6) is -0.555. The molecule has 1 atom stereocenters. The highest BCUT2D eigenvalue weighted by molar-refractivity contribution is 7.98. The lowest BCUT2D eigenvalue weighted by atomic mass is 10.0. The molecule has 0 aliphatic heterocycles. The van der Waals surface area contributed by atoms with Crippen LogP contribution >= 0.6 is 11.8 Å². The molecule has 1 heterocycles. The monoisotopic (exact) mass is 407 g/mol. The van der Waals surface area contributed by atoms with Crippen LogP contribution in [-0.4, -0.2) is 41.6 Å². The number of rotatable bonds is 10. The van der Waals surface area contributed by atoms with Gasteiger partial charge >= 0.3 is 11.6 Å². The van der Waals surface area contributed by atoms with Gasteiger partial charge in [-0.05, 0) is 49.5 Å². The van der Waals surface area contributed by atoms with Crippen molar-refractivity contribution in [3.05, 3.63) is 39.7 Å². The third-order valence-electron chi connectivity index (χ3n) is 4.32. The van der Waals surface area contributed by atoms with Crippen molar-refractivity contribution in [3.8, 4) is 5.75 Å². The van der Waals surface area contributed by atoms with Crippen LogP contribution in [0, 0.1) is 6.92 Å². The molecule has 8 heteroatoms. The fourth-order valence-corrected chi connectivity index (χ4v) is 3.38. The van der Waals surface area contributed by atoms with Crippen LogP contribution in [0.25, 0.3) is 11.0 Å². The number of benzene rings is 1. The van der Waals surface area contributed by atoms with Gasteiger partial charge in [-0.3, -0.25) is 4.79 Å². The zero-order chi connectivity index (χ0) is 20.7. The number of thioether (sulfide) groups is 1. The average Bonchev–Trinajstić information content (AvgIpc) is 2.65. The molecule has 0 fully saturated rings. The standard InChI is InChI=1S/C20H25NO6S/c1-4-5-13-10-18(23)27-19-12(2)16(7-6-14(13)19)26-11-17(22)21-15(20(24)25)8-9-28-3/h6-7,10,15H,4-5,8-9,11H2,1-3H3,(H,21,22)(H,24,25)/t15-/m0/s1. The van der Waals surface area contributed by atoms with E-state index in [1.165, 1.54) is 17.8 Å². The molecule has 0 spiro atoms. The molecule has 1 aromatic heterocycles. The summed E-state index contributed by atoms with van der Waals surface area (Å²) in [6.45, 7) is 3.47. The average molecular weight is 407 g/mol. The molecular formula is C20H25NO6S. The van der Waals surface area contributed by atoms with Crippen LogP contribution in [0.5, 0.6) is 5.75 Å². The number of fused-ring (bicyclic) bond motifs is 1. The summed E-state index contributed by atoms with van der Waals surface area (Å²) in [6, 6.07) is 4.09. The van der Waals surface area contributed by atoms with Gasteiger partial charge in [0.1, 0.15) is 17.4 Å². The van der Waals surface area contributed by atoms with E-state index in [0.29, 0.717) is 29.1 Å². The summed E-state index contributed by atoms with van der Waals surface area (Å²) >= 11 is 1.51. The second-order valence-electron chi connectivity index (χ2n) is 6.43. The Morgan fingerprint density at radius 2 is 2.11 bits per heavy atom. The highest BCUT2D eigenvalue weighted by atomic mass is 32.2. The Labute approximate surface area is 167 Å². The third-order valence-corrected chi connectivity index (χ3v) is 4.96. The highest BCUT2D eigenvalue weighted by Gasteiger charge is 2.20. The molecule has 2 rings (SSSR count). The van der Waals surface area contributed by atoms with Gasteiger partial charge in [0.15, 0.2) is 6.61 Å². The number of nitrogens with one attached hydrogen (secondary N) is 1. The second kappa shape index (κ2) is 10.2. The Kier molecular flexibility index (Phi) is 7.92. The van der Waals surface area contributed by atoms with Gasteiger partial charge in [-0.25, -0.2) is 9.59 Å². The first-order valence-corrected chi connectivity index (χ1v) is 10.5. The van der Waals surface area contributed by atoms with Gasteiger partial charge in [0.2, 0.25) is 0 Å². The Hall–Kier alpha value is -2.48. The van der Waals surface area contributed by atoms with E-state index < -0.39 is 23.5 Å². The fourth-order valence-electron chi connectivity index (χ4n) is 2.91. The number of aryl methyl sites for hydroxylation is 2. The second-order valence-corrected chi connectivity index (χ2v) is 7.42. The number of aliphatic carboxylic acids is 1. The lowest BCUT2D eigenvalue weighted by Gasteiger charge is -2.15. The first-order chi connectivity index (χ1) is 13.4. The molecule has 1 amide bonds. The summed E-state index contributed by atoms with van der Waals surface area (Å²) in [7, 11) is 0. The SMILES string of the molecule is CCCc1cc(=O)oc2c(C)c(OCC(=O)N[C@@H](CCSC)C(=O)O)ccc12. The predicted octanol–water partition coefficient (Wildman–Crippen LogP) is 2.76. The van der Waals surface area contributed by atoms with Crippen molar-refractivity contribution in [2.45, 2.75) is 39.2 Å². The fraction of sp³-hybridized carbons (Fsp3) is 0.450. The number of carbonyl (C=O) groups excluding carboxylic acids is 1. The number of hydrogen-bond acceptors (Lipinski definition) is 6. The maximum absolute atomic E-state index is 12.1. The zero-order valence-corrected chi connectivity index (χ0v) is 17.1. The van der Waals surface area contributed by atoms with Gasteiger partial charge in [0, 0.05) is 17.0 Å². The number of ether oxygens (including phenoxy) is 1. The van der Waals surface area contributed by atoms with Crippen LogP contribution in [0.1, 0.15) is 30.9 Å². The Morgan fingerprint density at radius 1 is 1.36 bits per heavy atom. The predicted molar refractivity (Wildman–Crippen MR) is 109 cm³/mol. The van der Waals surface area contributed by atoms with Crippen molar-refractivity contribution in [3.63, 3.8) is 0 Å². The summed E-state index contributed by atoms with van der Waals surface area (Å²) in [6.07, 6.45) is 3.87. The molecule has 0 aliphatic carbocycles. The Morgan fingerprint density at radius 3 is 2.75 bits per heavy atom. The summed E-state index contributed by atoms with van der Waals surface area (Å²) in [4.78, 5) is 35.2. The molecule has 0 unspecified atom stereocenters. The third kappa shape index (κ3) is 5.51. The van der Waals surface area contributed by atoms with E-state index in [1.807, 2.05) is 19.2 Å². The van der Waals surface area contributed by atoms with Crippen molar-refractivity contribution in [2.24, 2.45) is 0 Å². The van der Waals surface area contributed by atoms with Gasteiger partial charge < -0.3 is 19.6 Å². The summed E-state index contributed by atoms with van der Waals surface area (Å²) < 4.78 is 10.9. The maximum Gasteiger partial charge on any atom is 0.336 e. The van der Waals surface area contributed by atoms with Crippen molar-refractivity contribution in [1.82, 2.24) is 5.32 Å². The van der Waals surface area contributed by atoms with Crippen LogP contribution < -0.4 is 15.7 Å². The first-order valence-electron chi connectivity index (χ1n) is 9.07. The van der Waals surface area contributed by atoms with Crippen molar-refractivity contribution >= 4 is 34.6 Å². The van der Waals surface area contributed by atoms with Crippen LogP contribution in [0.3, 0.4) is 0 Å². The lowest BCUT2D eigenvalue weighted by molar-refractivity contribution is -0.142. The van der Waals surface area contributed by atoms with Gasteiger partial charge in [-0.15, -0.1) is 0 Å². The molecule has 0 saturated carbocycles. The summed E-state index contributed by atoms with van der Waals surface area (Å²) in [5, 5.41) is 12.5.